The fraction of sp³-hybridized carbons (Fsp3) is 0.611. The summed E-state index contributed by atoms with van der Waals surface area (Å²) in [7, 11) is 0. The van der Waals surface area contributed by atoms with Crippen LogP contribution in [0.1, 0.15) is 32.8 Å². The van der Waals surface area contributed by atoms with Gasteiger partial charge in [0.25, 0.3) is 0 Å². The topological polar surface area (TPSA) is 38.8 Å². The van der Waals surface area contributed by atoms with Gasteiger partial charge in [0.15, 0.2) is 11.5 Å². The number of nitrogens with zero attached hydrogens (tertiary/aromatic N) is 1. The Morgan fingerprint density at radius 2 is 1.81 bits per heavy atom. The number of halogens is 4. The molecule has 0 spiro atoms. The summed E-state index contributed by atoms with van der Waals surface area (Å²) in [6.45, 7) is 5.00. The van der Waals surface area contributed by atoms with Crippen LogP contribution in [-0.4, -0.2) is 43.3 Å². The third-order valence-corrected chi connectivity index (χ3v) is 3.89. The molecule has 0 bridgehead atoms. The van der Waals surface area contributed by atoms with Crippen LogP contribution in [0, 0.1) is 5.41 Å². The Bertz CT molecular complexity index is 640. The van der Waals surface area contributed by atoms with E-state index in [9.17, 15) is 18.0 Å². The molecule has 1 amide bonds. The number of hydrogen-bond acceptors (Lipinski definition) is 3. The van der Waals surface area contributed by atoms with Crippen molar-refractivity contribution in [1.82, 2.24) is 4.90 Å². The van der Waals surface area contributed by atoms with E-state index in [0.29, 0.717) is 36.7 Å². The number of benzene rings is 1. The number of carbonyl (C=O) groups excluding carboxylic acids is 1. The third-order valence-electron chi connectivity index (χ3n) is 3.61. The number of hydrogen-bond donors (Lipinski definition) is 0. The zero-order valence-corrected chi connectivity index (χ0v) is 15.8. The van der Waals surface area contributed by atoms with Crippen LogP contribution < -0.4 is 9.47 Å². The van der Waals surface area contributed by atoms with Gasteiger partial charge in [-0.1, -0.05) is 32.4 Å². The average Bonchev–Trinajstić information content (AvgIpc) is 2.69. The van der Waals surface area contributed by atoms with Gasteiger partial charge in [-0.25, -0.2) is 0 Å². The number of alkyl halides is 3. The monoisotopic (exact) mass is 393 g/mol. The van der Waals surface area contributed by atoms with Crippen LogP contribution in [0.15, 0.2) is 12.1 Å². The van der Waals surface area contributed by atoms with Gasteiger partial charge in [-0.3, -0.25) is 4.79 Å². The van der Waals surface area contributed by atoms with Crippen LogP contribution in [0.25, 0.3) is 0 Å². The molecule has 0 saturated carbocycles. The van der Waals surface area contributed by atoms with E-state index in [0.717, 1.165) is 4.90 Å². The van der Waals surface area contributed by atoms with Gasteiger partial charge in [-0.15, -0.1) is 0 Å². The molecule has 2 rings (SSSR count). The molecular formula is C18H23ClF3NO3. The maximum atomic E-state index is 12.9. The Morgan fingerprint density at radius 1 is 1.15 bits per heavy atom. The first-order chi connectivity index (χ1) is 11.9. The van der Waals surface area contributed by atoms with Gasteiger partial charge in [-0.2, -0.15) is 13.2 Å². The van der Waals surface area contributed by atoms with Crippen molar-refractivity contribution in [2.24, 2.45) is 5.41 Å². The van der Waals surface area contributed by atoms with E-state index in [1.165, 1.54) is 6.07 Å². The Balaban J connectivity index is 2.20. The summed E-state index contributed by atoms with van der Waals surface area (Å²) in [5, 5.41) is 0.283. The molecule has 26 heavy (non-hydrogen) atoms. The molecule has 1 aromatic carbocycles. The summed E-state index contributed by atoms with van der Waals surface area (Å²) in [4.78, 5) is 13.4. The fourth-order valence-corrected chi connectivity index (χ4v) is 2.98. The van der Waals surface area contributed by atoms with E-state index in [2.05, 4.69) is 0 Å². The first-order valence-corrected chi connectivity index (χ1v) is 8.75. The van der Waals surface area contributed by atoms with Gasteiger partial charge in [0.1, 0.15) is 6.54 Å². The van der Waals surface area contributed by atoms with Crippen LogP contribution >= 0.6 is 11.6 Å². The Hall–Kier alpha value is -1.63. The smallest absolute Gasteiger partial charge is 0.406 e. The molecule has 8 heteroatoms. The van der Waals surface area contributed by atoms with Crippen LogP contribution in [-0.2, 0) is 11.2 Å². The molecule has 0 saturated heterocycles. The molecule has 0 fully saturated rings. The van der Waals surface area contributed by atoms with Crippen LogP contribution in [0.3, 0.4) is 0 Å². The van der Waals surface area contributed by atoms with Crippen molar-refractivity contribution in [3.8, 4) is 11.5 Å². The van der Waals surface area contributed by atoms with Gasteiger partial charge < -0.3 is 14.4 Å². The standard InChI is InChI=1S/C18H23ClF3NO3/c1-17(2,3)10-23(11-18(20,21)22)15(24)9-12-7-13(19)16-14(8-12)25-5-4-6-26-16/h7-8H,4-6,9-11H2,1-3H3. The van der Waals surface area contributed by atoms with E-state index in [4.69, 9.17) is 21.1 Å². The first kappa shape index (κ1) is 20.7. The summed E-state index contributed by atoms with van der Waals surface area (Å²) in [6.07, 6.45) is -3.95. The highest BCUT2D eigenvalue weighted by Gasteiger charge is 2.34. The van der Waals surface area contributed by atoms with E-state index >= 15 is 0 Å². The number of ether oxygens (including phenoxy) is 2. The Kier molecular flexibility index (Phi) is 6.32. The highest BCUT2D eigenvalue weighted by Crippen LogP contribution is 2.38. The quantitative estimate of drug-likeness (QED) is 0.757. The van der Waals surface area contributed by atoms with Gasteiger partial charge in [0.2, 0.25) is 5.91 Å². The molecule has 1 heterocycles. The molecule has 1 aromatic rings. The molecular weight excluding hydrogens is 371 g/mol. The van der Waals surface area contributed by atoms with E-state index < -0.39 is 24.0 Å². The molecule has 4 nitrogen and oxygen atoms in total. The van der Waals surface area contributed by atoms with E-state index in [1.54, 1.807) is 26.8 Å². The summed E-state index contributed by atoms with van der Waals surface area (Å²) in [5.74, 6) is 0.209. The Labute approximate surface area is 156 Å². The van der Waals surface area contributed by atoms with Gasteiger partial charge in [0.05, 0.1) is 24.7 Å². The second-order valence-electron chi connectivity index (χ2n) is 7.56. The molecule has 0 aromatic heterocycles. The lowest BCUT2D eigenvalue weighted by Gasteiger charge is -2.31. The maximum Gasteiger partial charge on any atom is 0.406 e. The molecule has 1 aliphatic heterocycles. The van der Waals surface area contributed by atoms with Crippen molar-refractivity contribution >= 4 is 17.5 Å². The molecule has 0 atom stereocenters. The zero-order chi connectivity index (χ0) is 19.5. The minimum Gasteiger partial charge on any atom is -0.489 e. The van der Waals surface area contributed by atoms with Crippen molar-refractivity contribution in [1.29, 1.82) is 0 Å². The number of carbonyl (C=O) groups is 1. The van der Waals surface area contributed by atoms with Crippen molar-refractivity contribution in [3.63, 3.8) is 0 Å². The lowest BCUT2D eigenvalue weighted by atomic mass is 9.95. The highest BCUT2D eigenvalue weighted by molar-refractivity contribution is 6.32. The normalized spacial score (nSPS) is 14.7. The van der Waals surface area contributed by atoms with Crippen LogP contribution in [0.2, 0.25) is 5.02 Å². The molecule has 0 radical (unpaired) electrons. The predicted molar refractivity (Wildman–Crippen MR) is 92.9 cm³/mol. The fourth-order valence-electron chi connectivity index (χ4n) is 2.69. The van der Waals surface area contributed by atoms with Crippen molar-refractivity contribution in [2.45, 2.75) is 39.8 Å². The largest absolute Gasteiger partial charge is 0.489 e. The molecule has 0 unspecified atom stereocenters. The number of amides is 1. The van der Waals surface area contributed by atoms with Crippen LogP contribution in [0.5, 0.6) is 11.5 Å². The second-order valence-corrected chi connectivity index (χ2v) is 7.96. The van der Waals surface area contributed by atoms with Crippen molar-refractivity contribution < 1.29 is 27.4 Å². The average molecular weight is 394 g/mol. The first-order valence-electron chi connectivity index (χ1n) is 8.37. The van der Waals surface area contributed by atoms with Crippen molar-refractivity contribution in [2.75, 3.05) is 26.3 Å². The van der Waals surface area contributed by atoms with E-state index in [1.807, 2.05) is 0 Å². The number of fused-ring (bicyclic) bond motifs is 1. The van der Waals surface area contributed by atoms with E-state index in [-0.39, 0.29) is 18.0 Å². The van der Waals surface area contributed by atoms with Gasteiger partial charge in [0, 0.05) is 13.0 Å². The van der Waals surface area contributed by atoms with Gasteiger partial charge in [-0.05, 0) is 23.1 Å². The zero-order valence-electron chi connectivity index (χ0n) is 15.1. The summed E-state index contributed by atoms with van der Waals surface area (Å²) < 4.78 is 49.7. The molecule has 0 N–H and O–H groups in total. The summed E-state index contributed by atoms with van der Waals surface area (Å²) in [5.41, 5.74) is 0.0360. The lowest BCUT2D eigenvalue weighted by Crippen LogP contribution is -2.44. The minimum atomic E-state index is -4.46. The SMILES string of the molecule is CC(C)(C)CN(CC(F)(F)F)C(=O)Cc1cc(Cl)c2c(c1)OCCCO2. The van der Waals surface area contributed by atoms with Crippen molar-refractivity contribution in [3.05, 3.63) is 22.7 Å². The molecule has 146 valence electrons. The highest BCUT2D eigenvalue weighted by atomic mass is 35.5. The summed E-state index contributed by atoms with van der Waals surface area (Å²) in [6, 6.07) is 3.14. The van der Waals surface area contributed by atoms with Crippen LogP contribution in [0.4, 0.5) is 13.2 Å². The number of rotatable bonds is 4. The minimum absolute atomic E-state index is 0.00360. The summed E-state index contributed by atoms with van der Waals surface area (Å²) >= 11 is 6.19. The molecule has 0 aliphatic carbocycles. The Morgan fingerprint density at radius 3 is 2.42 bits per heavy atom. The lowest BCUT2D eigenvalue weighted by molar-refractivity contribution is -0.163. The maximum absolute atomic E-state index is 12.9. The van der Waals surface area contributed by atoms with Gasteiger partial charge >= 0.3 is 6.18 Å². The third kappa shape index (κ3) is 6.27. The molecule has 1 aliphatic rings. The second kappa shape index (κ2) is 7.94. The predicted octanol–water partition coefficient (Wildman–Crippen LogP) is 4.48.